The Morgan fingerprint density at radius 2 is 2.22 bits per heavy atom. The Kier molecular flexibility index (Phi) is 3.53. The van der Waals surface area contributed by atoms with E-state index in [4.69, 9.17) is 21.4 Å². The molecule has 0 bridgehead atoms. The average molecular weight is 281 g/mol. The van der Waals surface area contributed by atoms with Gasteiger partial charge in [-0.15, -0.1) is 11.6 Å². The van der Waals surface area contributed by atoms with Crippen molar-refractivity contribution < 1.29 is 19.3 Å². The largest absolute Gasteiger partial charge is 0.394 e. The van der Waals surface area contributed by atoms with Crippen molar-refractivity contribution in [3.63, 3.8) is 0 Å². The number of nitrogens with one attached hydrogen (secondary N) is 1. The van der Waals surface area contributed by atoms with Gasteiger partial charge in [-0.05, 0) is 0 Å². The normalized spacial score (nSPS) is 31.8. The van der Waals surface area contributed by atoms with Gasteiger partial charge in [-0.1, -0.05) is 0 Å². The Hall–Kier alpha value is -1.22. The van der Waals surface area contributed by atoms with E-state index in [1.807, 2.05) is 0 Å². The monoisotopic (exact) mass is 280 g/mol. The van der Waals surface area contributed by atoms with E-state index in [1.54, 1.807) is 4.98 Å². The summed E-state index contributed by atoms with van der Waals surface area (Å²) >= 11 is 5.84. The first-order valence-electron chi connectivity index (χ1n) is 5.05. The molecule has 2 rings (SSSR count). The van der Waals surface area contributed by atoms with E-state index in [1.165, 1.54) is 0 Å². The number of aliphatic hydroxyl groups is 2. The summed E-state index contributed by atoms with van der Waals surface area (Å²) in [5, 5.41) is 17.5. The molecule has 9 heteroatoms. The van der Waals surface area contributed by atoms with Gasteiger partial charge < -0.3 is 14.9 Å². The molecule has 3 N–H and O–H groups in total. The number of hydrogen-bond acceptors (Lipinski definition) is 5. The summed E-state index contributed by atoms with van der Waals surface area (Å²) in [6, 6.07) is 0. The number of aromatic nitrogens is 2. The predicted octanol–water partition coefficient (Wildman–Crippen LogP) is -1.47. The summed E-state index contributed by atoms with van der Waals surface area (Å²) in [6.45, 7) is -0.499. The fourth-order valence-corrected chi connectivity index (χ4v) is 2.07. The number of hydrogen-bond donors (Lipinski definition) is 3. The van der Waals surface area contributed by atoms with Gasteiger partial charge in [0, 0.05) is 0 Å². The molecule has 0 aliphatic carbocycles. The molecule has 4 atom stereocenters. The van der Waals surface area contributed by atoms with Crippen LogP contribution in [0.25, 0.3) is 0 Å². The van der Waals surface area contributed by atoms with E-state index in [9.17, 15) is 19.1 Å². The highest BCUT2D eigenvalue weighted by molar-refractivity contribution is 6.21. The molecule has 2 heterocycles. The molecule has 100 valence electrons. The van der Waals surface area contributed by atoms with E-state index < -0.39 is 47.5 Å². The predicted molar refractivity (Wildman–Crippen MR) is 57.9 cm³/mol. The Labute approximate surface area is 104 Å². The lowest BCUT2D eigenvalue weighted by Crippen LogP contribution is -2.36. The molecule has 0 amide bonds. The van der Waals surface area contributed by atoms with Crippen molar-refractivity contribution in [3.8, 4) is 0 Å². The van der Waals surface area contributed by atoms with Crippen molar-refractivity contribution >= 4 is 11.6 Å². The smallest absolute Gasteiger partial charge is 0.330 e. The molecule has 0 spiro atoms. The van der Waals surface area contributed by atoms with Crippen LogP contribution in [0.4, 0.5) is 4.39 Å². The van der Waals surface area contributed by atoms with Crippen molar-refractivity contribution in [1.29, 1.82) is 0 Å². The lowest BCUT2D eigenvalue weighted by molar-refractivity contribution is -0.0460. The third-order valence-electron chi connectivity index (χ3n) is 2.67. The van der Waals surface area contributed by atoms with Crippen molar-refractivity contribution in [2.75, 3.05) is 6.61 Å². The number of nitrogens with zero attached hydrogens (tertiary/aromatic N) is 1. The second-order valence-electron chi connectivity index (χ2n) is 3.83. The lowest BCUT2D eigenvalue weighted by atomic mass is 10.2. The van der Waals surface area contributed by atoms with Crippen LogP contribution < -0.4 is 11.2 Å². The molecule has 1 aliphatic rings. The summed E-state index contributed by atoms with van der Waals surface area (Å²) in [5.41, 5.74) is -2.07. The van der Waals surface area contributed by atoms with Gasteiger partial charge in [0.05, 0.1) is 12.8 Å². The second kappa shape index (κ2) is 4.81. The van der Waals surface area contributed by atoms with Crippen LogP contribution in [0.1, 0.15) is 6.23 Å². The number of halogens is 2. The number of rotatable bonds is 2. The molecule has 4 unspecified atom stereocenters. The average Bonchev–Trinajstić information content (AvgIpc) is 2.61. The van der Waals surface area contributed by atoms with Gasteiger partial charge in [0.2, 0.25) is 5.82 Å². The van der Waals surface area contributed by atoms with Crippen LogP contribution in [-0.4, -0.2) is 44.0 Å². The van der Waals surface area contributed by atoms with Crippen LogP contribution in [0, 0.1) is 5.82 Å². The van der Waals surface area contributed by atoms with Crippen molar-refractivity contribution in [3.05, 3.63) is 32.9 Å². The molecule has 1 aromatic heterocycles. The van der Waals surface area contributed by atoms with Crippen LogP contribution in [0.3, 0.4) is 0 Å². The van der Waals surface area contributed by atoms with Gasteiger partial charge in [0.15, 0.2) is 6.23 Å². The number of aliphatic hydroxyl groups excluding tert-OH is 2. The third-order valence-corrected chi connectivity index (χ3v) is 3.15. The van der Waals surface area contributed by atoms with Gasteiger partial charge >= 0.3 is 5.69 Å². The zero-order valence-electron chi connectivity index (χ0n) is 8.92. The first kappa shape index (κ1) is 13.2. The van der Waals surface area contributed by atoms with Gasteiger partial charge in [-0.2, -0.15) is 4.39 Å². The number of alkyl halides is 1. The lowest BCUT2D eigenvalue weighted by Gasteiger charge is -2.16. The van der Waals surface area contributed by atoms with Gasteiger partial charge in [0.1, 0.15) is 17.6 Å². The molecule has 0 aromatic carbocycles. The fourth-order valence-electron chi connectivity index (χ4n) is 1.73. The Morgan fingerprint density at radius 3 is 2.78 bits per heavy atom. The van der Waals surface area contributed by atoms with Crippen molar-refractivity contribution in [2.24, 2.45) is 0 Å². The quantitative estimate of drug-likeness (QED) is 0.574. The third kappa shape index (κ3) is 2.07. The van der Waals surface area contributed by atoms with Crippen molar-refractivity contribution in [1.82, 2.24) is 9.55 Å². The molecule has 1 fully saturated rings. The van der Waals surface area contributed by atoms with E-state index in [-0.39, 0.29) is 0 Å². The van der Waals surface area contributed by atoms with Crippen LogP contribution in [0.15, 0.2) is 15.8 Å². The Balaban J connectivity index is 2.42. The maximum absolute atomic E-state index is 13.1. The van der Waals surface area contributed by atoms with Crippen LogP contribution in [0.2, 0.25) is 0 Å². The zero-order chi connectivity index (χ0) is 13.4. The molecule has 18 heavy (non-hydrogen) atoms. The molecule has 1 saturated heterocycles. The SMILES string of the molecule is O=c1[nH]c(=O)n(C2OC(CO)C(O)C2Cl)cc1F. The van der Waals surface area contributed by atoms with E-state index in [0.29, 0.717) is 6.20 Å². The summed E-state index contributed by atoms with van der Waals surface area (Å²) in [6.07, 6.45) is -2.70. The van der Waals surface area contributed by atoms with Crippen LogP contribution >= 0.6 is 11.6 Å². The van der Waals surface area contributed by atoms with Gasteiger partial charge in [-0.3, -0.25) is 14.3 Å². The van der Waals surface area contributed by atoms with Crippen LogP contribution in [-0.2, 0) is 4.74 Å². The minimum absolute atomic E-state index is 0.499. The van der Waals surface area contributed by atoms with Gasteiger partial charge in [-0.25, -0.2) is 4.79 Å². The number of H-pyrrole nitrogens is 1. The minimum atomic E-state index is -1.21. The van der Waals surface area contributed by atoms with E-state index in [2.05, 4.69) is 0 Å². The fraction of sp³-hybridized carbons (Fsp3) is 0.556. The summed E-state index contributed by atoms with van der Waals surface area (Å²) in [4.78, 5) is 24.1. The standard InChI is InChI=1S/C9H10ClFN2O5/c10-5-6(15)4(2-14)18-8(5)13-1-3(11)7(16)12-9(13)17/h1,4-6,8,14-15H,2H2,(H,12,16,17). The van der Waals surface area contributed by atoms with Gasteiger partial charge in [0.25, 0.3) is 5.56 Å². The molecule has 1 aromatic rings. The highest BCUT2D eigenvalue weighted by Gasteiger charge is 2.43. The summed E-state index contributed by atoms with van der Waals surface area (Å²) in [7, 11) is 0. The Morgan fingerprint density at radius 1 is 1.56 bits per heavy atom. The number of ether oxygens (including phenoxy) is 1. The first-order valence-corrected chi connectivity index (χ1v) is 5.48. The summed E-state index contributed by atoms with van der Waals surface area (Å²) in [5.74, 6) is -1.18. The maximum atomic E-state index is 13.1. The summed E-state index contributed by atoms with van der Waals surface area (Å²) < 4.78 is 19.0. The molecular formula is C9H10ClFN2O5. The van der Waals surface area contributed by atoms with Crippen LogP contribution in [0.5, 0.6) is 0 Å². The van der Waals surface area contributed by atoms with E-state index >= 15 is 0 Å². The number of aromatic amines is 1. The molecule has 0 saturated carbocycles. The molecule has 0 radical (unpaired) electrons. The molecule has 7 nitrogen and oxygen atoms in total. The topological polar surface area (TPSA) is 105 Å². The van der Waals surface area contributed by atoms with Crippen molar-refractivity contribution in [2.45, 2.75) is 23.8 Å². The Bertz CT molecular complexity index is 559. The maximum Gasteiger partial charge on any atom is 0.330 e. The molecule has 1 aliphatic heterocycles. The second-order valence-corrected chi connectivity index (χ2v) is 4.33. The zero-order valence-corrected chi connectivity index (χ0v) is 9.67. The highest BCUT2D eigenvalue weighted by atomic mass is 35.5. The molecular weight excluding hydrogens is 271 g/mol. The first-order chi connectivity index (χ1) is 8.45. The highest BCUT2D eigenvalue weighted by Crippen LogP contribution is 2.32. The van der Waals surface area contributed by atoms with E-state index in [0.717, 1.165) is 4.57 Å². The minimum Gasteiger partial charge on any atom is -0.394 e.